The van der Waals surface area contributed by atoms with Crippen molar-refractivity contribution in [3.05, 3.63) is 16.7 Å². The van der Waals surface area contributed by atoms with Crippen molar-refractivity contribution in [1.29, 1.82) is 0 Å². The average Bonchev–Trinajstić information content (AvgIpc) is 3.01. The van der Waals surface area contributed by atoms with Gasteiger partial charge in [0, 0.05) is 11.9 Å². The summed E-state index contributed by atoms with van der Waals surface area (Å²) in [7, 11) is 0. The summed E-state index contributed by atoms with van der Waals surface area (Å²) in [6.45, 7) is 2.12. The first-order chi connectivity index (χ1) is 7.93. The molecule has 3 rings (SSSR count). The Morgan fingerprint density at radius 3 is 3.25 bits per heavy atom. The Balaban J connectivity index is 1.82. The molecule has 0 spiro atoms. The Morgan fingerprint density at radius 1 is 1.50 bits per heavy atom. The third-order valence-corrected chi connectivity index (χ3v) is 2.91. The molecule has 7 heteroatoms. The minimum absolute atomic E-state index is 0.0184. The van der Waals surface area contributed by atoms with Gasteiger partial charge >= 0.3 is 0 Å². The highest BCUT2D eigenvalue weighted by Crippen LogP contribution is 2.19. The fourth-order valence-electron chi connectivity index (χ4n) is 1.53. The van der Waals surface area contributed by atoms with E-state index in [4.69, 9.17) is 9.26 Å². The van der Waals surface area contributed by atoms with Gasteiger partial charge in [0.25, 0.3) is 5.89 Å². The Bertz CT molecular complexity index is 450. The topological polar surface area (TPSA) is 73.1 Å². The zero-order valence-electron chi connectivity index (χ0n) is 8.42. The van der Waals surface area contributed by atoms with Gasteiger partial charge in [0.1, 0.15) is 5.69 Å². The van der Waals surface area contributed by atoms with Crippen LogP contribution in [-0.4, -0.2) is 34.9 Å². The number of ether oxygens (including phenoxy) is 1. The molecule has 0 radical (unpaired) electrons. The summed E-state index contributed by atoms with van der Waals surface area (Å²) in [5.74, 6) is 1.09. The van der Waals surface area contributed by atoms with E-state index in [1.165, 1.54) is 11.3 Å². The van der Waals surface area contributed by atoms with Crippen molar-refractivity contribution in [2.24, 2.45) is 0 Å². The van der Waals surface area contributed by atoms with Crippen molar-refractivity contribution in [3.63, 3.8) is 0 Å². The van der Waals surface area contributed by atoms with E-state index in [1.807, 2.05) is 5.38 Å². The van der Waals surface area contributed by atoms with E-state index in [9.17, 15) is 0 Å². The zero-order valence-corrected chi connectivity index (χ0v) is 9.24. The van der Waals surface area contributed by atoms with Crippen molar-refractivity contribution in [2.45, 2.75) is 6.04 Å². The largest absolute Gasteiger partial charge is 0.378 e. The summed E-state index contributed by atoms with van der Waals surface area (Å²) in [6.07, 6.45) is 0. The molecule has 0 aliphatic carbocycles. The smallest absolute Gasteiger partial charge is 0.277 e. The molecule has 84 valence electrons. The van der Waals surface area contributed by atoms with E-state index in [2.05, 4.69) is 20.4 Å². The van der Waals surface area contributed by atoms with E-state index >= 15 is 0 Å². The van der Waals surface area contributed by atoms with Gasteiger partial charge in [0.2, 0.25) is 0 Å². The van der Waals surface area contributed by atoms with Crippen molar-refractivity contribution in [3.8, 4) is 11.6 Å². The van der Waals surface area contributed by atoms with Crippen LogP contribution in [0.2, 0.25) is 0 Å². The SMILES string of the molecule is c1nc(-c2nc(C3COCCN3)no2)cs1. The second-order valence-corrected chi connectivity index (χ2v) is 4.13. The molecule has 1 atom stereocenters. The molecular formula is C9H10N4O2S. The number of thiazole rings is 1. The van der Waals surface area contributed by atoms with E-state index in [-0.39, 0.29) is 6.04 Å². The summed E-state index contributed by atoms with van der Waals surface area (Å²) in [5, 5.41) is 9.08. The fourth-order valence-corrected chi connectivity index (χ4v) is 2.06. The molecule has 1 unspecified atom stereocenters. The second-order valence-electron chi connectivity index (χ2n) is 3.41. The number of rotatable bonds is 2. The Morgan fingerprint density at radius 2 is 2.50 bits per heavy atom. The number of nitrogens with one attached hydrogen (secondary N) is 1. The maximum absolute atomic E-state index is 5.34. The highest BCUT2D eigenvalue weighted by molar-refractivity contribution is 7.07. The molecule has 2 aromatic heterocycles. The minimum atomic E-state index is 0.0184. The molecule has 16 heavy (non-hydrogen) atoms. The molecule has 1 fully saturated rings. The first-order valence-electron chi connectivity index (χ1n) is 4.97. The van der Waals surface area contributed by atoms with Crippen LogP contribution in [0, 0.1) is 0 Å². The van der Waals surface area contributed by atoms with Gasteiger partial charge in [-0.15, -0.1) is 11.3 Å². The zero-order chi connectivity index (χ0) is 10.8. The van der Waals surface area contributed by atoms with Crippen LogP contribution in [0.3, 0.4) is 0 Å². The average molecular weight is 238 g/mol. The number of morpholine rings is 1. The van der Waals surface area contributed by atoms with Gasteiger partial charge in [-0.2, -0.15) is 4.98 Å². The van der Waals surface area contributed by atoms with Crippen molar-refractivity contribution < 1.29 is 9.26 Å². The van der Waals surface area contributed by atoms with Crippen LogP contribution in [0.4, 0.5) is 0 Å². The highest BCUT2D eigenvalue weighted by atomic mass is 32.1. The van der Waals surface area contributed by atoms with Crippen LogP contribution in [0.5, 0.6) is 0 Å². The molecule has 2 aromatic rings. The minimum Gasteiger partial charge on any atom is -0.378 e. The van der Waals surface area contributed by atoms with Crippen LogP contribution in [-0.2, 0) is 4.74 Å². The second kappa shape index (κ2) is 4.28. The van der Waals surface area contributed by atoms with Crippen molar-refractivity contribution >= 4 is 11.3 Å². The molecule has 1 aliphatic rings. The number of hydrogen-bond acceptors (Lipinski definition) is 7. The van der Waals surface area contributed by atoms with Crippen molar-refractivity contribution in [1.82, 2.24) is 20.4 Å². The first kappa shape index (κ1) is 9.88. The fraction of sp³-hybridized carbons (Fsp3) is 0.444. The number of aromatic nitrogens is 3. The van der Waals surface area contributed by atoms with Crippen LogP contribution < -0.4 is 5.32 Å². The summed E-state index contributed by atoms with van der Waals surface area (Å²) in [6, 6.07) is 0.0184. The van der Waals surface area contributed by atoms with E-state index in [1.54, 1.807) is 5.51 Å². The third-order valence-electron chi connectivity index (χ3n) is 2.33. The predicted octanol–water partition coefficient (Wildman–Crippen LogP) is 0.854. The summed E-state index contributed by atoms with van der Waals surface area (Å²) in [5.41, 5.74) is 2.46. The molecule has 0 bridgehead atoms. The highest BCUT2D eigenvalue weighted by Gasteiger charge is 2.21. The molecule has 0 amide bonds. The predicted molar refractivity (Wildman–Crippen MR) is 57.0 cm³/mol. The number of hydrogen-bond donors (Lipinski definition) is 1. The van der Waals surface area contributed by atoms with Gasteiger partial charge in [-0.1, -0.05) is 5.16 Å². The van der Waals surface area contributed by atoms with Gasteiger partial charge in [-0.05, 0) is 0 Å². The van der Waals surface area contributed by atoms with Crippen LogP contribution in [0.15, 0.2) is 15.4 Å². The summed E-state index contributed by atoms with van der Waals surface area (Å²) >= 11 is 1.50. The van der Waals surface area contributed by atoms with Crippen LogP contribution in [0.25, 0.3) is 11.6 Å². The number of nitrogens with zero attached hydrogens (tertiary/aromatic N) is 3. The standard InChI is InChI=1S/C9H10N4O2S/c1-2-14-3-6(10-1)8-12-9(15-13-8)7-4-16-5-11-7/h4-6,10H,1-3H2. The lowest BCUT2D eigenvalue weighted by Gasteiger charge is -2.20. The van der Waals surface area contributed by atoms with Gasteiger partial charge in [0.15, 0.2) is 5.82 Å². The van der Waals surface area contributed by atoms with Gasteiger partial charge < -0.3 is 14.6 Å². The Kier molecular flexibility index (Phi) is 2.65. The van der Waals surface area contributed by atoms with Crippen LogP contribution >= 0.6 is 11.3 Å². The molecular weight excluding hydrogens is 228 g/mol. The molecule has 1 saturated heterocycles. The lowest BCUT2D eigenvalue weighted by Crippen LogP contribution is -2.35. The Hall–Kier alpha value is -1.31. The first-order valence-corrected chi connectivity index (χ1v) is 5.91. The monoisotopic (exact) mass is 238 g/mol. The maximum atomic E-state index is 5.34. The van der Waals surface area contributed by atoms with E-state index in [0.717, 1.165) is 18.8 Å². The van der Waals surface area contributed by atoms with Gasteiger partial charge in [0.05, 0.1) is 24.8 Å². The van der Waals surface area contributed by atoms with E-state index < -0.39 is 0 Å². The van der Waals surface area contributed by atoms with Gasteiger partial charge in [-0.25, -0.2) is 4.98 Å². The molecule has 1 N–H and O–H groups in total. The summed E-state index contributed by atoms with van der Waals surface area (Å²) in [4.78, 5) is 8.42. The maximum Gasteiger partial charge on any atom is 0.277 e. The lowest BCUT2D eigenvalue weighted by molar-refractivity contribution is 0.0734. The molecule has 1 aliphatic heterocycles. The third kappa shape index (κ3) is 1.84. The quantitative estimate of drug-likeness (QED) is 0.836. The normalized spacial score (nSPS) is 21.1. The summed E-state index contributed by atoms with van der Waals surface area (Å²) < 4.78 is 10.5. The van der Waals surface area contributed by atoms with Crippen molar-refractivity contribution in [2.75, 3.05) is 19.8 Å². The molecule has 0 aromatic carbocycles. The van der Waals surface area contributed by atoms with E-state index in [0.29, 0.717) is 18.3 Å². The molecule has 0 saturated carbocycles. The Labute approximate surface area is 95.7 Å². The lowest BCUT2D eigenvalue weighted by atomic mass is 10.2. The van der Waals surface area contributed by atoms with Crippen LogP contribution in [0.1, 0.15) is 11.9 Å². The van der Waals surface area contributed by atoms with Gasteiger partial charge in [-0.3, -0.25) is 0 Å². The molecule has 3 heterocycles. The molecule has 6 nitrogen and oxygen atoms in total.